The number of fused-ring (bicyclic) bond motifs is 1. The Morgan fingerprint density at radius 1 is 0.514 bits per heavy atom. The normalized spacial score (nSPS) is 41.2. The monoisotopic (exact) mass is 2160 g/mol. The van der Waals surface area contributed by atoms with Gasteiger partial charge < -0.3 is 209 Å². The Balaban J connectivity index is 0.000000422. The number of epoxide rings is 1. The van der Waals surface area contributed by atoms with Gasteiger partial charge in [-0.15, -0.1) is 11.3 Å². The Bertz CT molecular complexity index is 4250. The number of aryl methyl sites for hydroxylation is 1. The van der Waals surface area contributed by atoms with E-state index in [2.05, 4.69) is 17.2 Å². The van der Waals surface area contributed by atoms with Crippen molar-refractivity contribution in [3.05, 3.63) is 21.7 Å². The van der Waals surface area contributed by atoms with Gasteiger partial charge in [0.1, 0.15) is 182 Å². The third kappa shape index (κ3) is 31.9. The van der Waals surface area contributed by atoms with Crippen LogP contribution >= 0.6 is 34.9 Å². The SMILES string of the molecule is C/C(=C\c1csc(C)n1)[C@@H]1C[C@@H]2O[C@]2(C)CCC[C@H](C)[C@H](O)[C@@H](C)C(=O)C(C)(C)[C@@H](OC(=O)CCCCCN)CC(=O)N1.CCC(CSCC1O[C@@H]2O[C@@H]3C(CO)O[C@H](O[C@@H]4C(CO)O[C@H](O[C@@H]5C(CO)O[C@H](O[C@@H]6C(CSCC(CC(=O)CCOCCOCCC(C)=O)C(=O)O)O[C@H](O[C@@H]7C(CO)O[C@H](O[C@@H]8C(CO)O[C@H](O[C@H]1[C@H](O)C2O)C(O)[C@H]8O)C(O)[C@H]7O)C(O)[C@H]6O)C(O)[C@H]5O)C(O)[C@H]4O)C(O)[C@H]3O)C(=O)O. The summed E-state index contributed by atoms with van der Waals surface area (Å²) in [7, 11) is 0. The second-order valence-corrected chi connectivity index (χ2v) is 42.7. The fraction of sp³-hybridized carbons (Fsp3) is 0.871. The molecule has 50 nitrogen and oxygen atoms in total. The highest BCUT2D eigenvalue weighted by Gasteiger charge is 2.62. The molecule has 0 aromatic carbocycles. The Labute approximate surface area is 855 Å². The molecule has 1 aromatic rings. The lowest BCUT2D eigenvalue weighted by Crippen LogP contribution is -2.68. The van der Waals surface area contributed by atoms with E-state index in [0.717, 1.165) is 71.9 Å². The third-order valence-corrected chi connectivity index (χ3v) is 31.4. The minimum absolute atomic E-state index is 0.0226. The van der Waals surface area contributed by atoms with Crippen molar-refractivity contribution in [3.8, 4) is 0 Å². The Morgan fingerprint density at radius 3 is 1.25 bits per heavy atom. The van der Waals surface area contributed by atoms with Crippen LogP contribution in [-0.4, -0.2) is 492 Å². The van der Waals surface area contributed by atoms with Gasteiger partial charge in [0.2, 0.25) is 5.91 Å². The van der Waals surface area contributed by atoms with Crippen molar-refractivity contribution >= 4 is 82.1 Å². The first kappa shape index (κ1) is 123. The predicted molar refractivity (Wildman–Crippen MR) is 502 cm³/mol. The number of aliphatic hydroxyl groups excluding tert-OH is 20. The lowest BCUT2D eigenvalue weighted by molar-refractivity contribution is -0.395. The van der Waals surface area contributed by atoms with Crippen LogP contribution in [0.1, 0.15) is 150 Å². The summed E-state index contributed by atoms with van der Waals surface area (Å²) >= 11 is 3.30. The lowest BCUT2D eigenvalue weighted by atomic mass is 9.72. The number of carbonyl (C=O) groups excluding carboxylic acids is 5. The van der Waals surface area contributed by atoms with Crippen LogP contribution in [0, 0.1) is 36.0 Å². The molecule has 44 atom stereocenters. The fourth-order valence-electron chi connectivity index (χ4n) is 18.9. The van der Waals surface area contributed by atoms with Gasteiger partial charge >= 0.3 is 17.9 Å². The van der Waals surface area contributed by atoms with Crippen molar-refractivity contribution in [1.82, 2.24) is 10.3 Å². The van der Waals surface area contributed by atoms with Crippen LogP contribution in [-0.2, 0) is 119 Å². The minimum atomic E-state index is -2.31. The fourth-order valence-corrected chi connectivity index (χ4v) is 22.0. The van der Waals surface area contributed by atoms with Crippen LogP contribution in [0.15, 0.2) is 11.0 Å². The number of nitrogens with zero attached hydrogens (tertiary/aromatic N) is 1. The van der Waals surface area contributed by atoms with Gasteiger partial charge in [0.05, 0.1) is 130 Å². The van der Waals surface area contributed by atoms with E-state index in [1.54, 1.807) is 39.0 Å². The van der Waals surface area contributed by atoms with Crippen LogP contribution in [0.4, 0.5) is 0 Å². The number of amides is 1. The van der Waals surface area contributed by atoms with Crippen LogP contribution in [0.3, 0.4) is 0 Å². The number of aromatic nitrogens is 1. The molecule has 0 aliphatic carbocycles. The van der Waals surface area contributed by atoms with Crippen molar-refractivity contribution in [2.45, 2.75) is 391 Å². The molecule has 23 saturated heterocycles. The molecule has 23 aliphatic heterocycles. The third-order valence-electron chi connectivity index (χ3n) is 28.2. The summed E-state index contributed by atoms with van der Waals surface area (Å²) in [6.07, 6.45) is -67.3. The van der Waals surface area contributed by atoms with E-state index in [4.69, 9.17) is 91.0 Å². The number of Topliss-reactive ketones (excluding diaryl/α,β-unsaturated/α-hetero) is 3. The van der Waals surface area contributed by atoms with Gasteiger partial charge in [0, 0.05) is 66.4 Å². The number of ether oxygens (including phenoxy) is 18. The zero-order valence-electron chi connectivity index (χ0n) is 82.9. The molecule has 0 saturated carbocycles. The molecule has 1 amide bonds. The lowest BCUT2D eigenvalue weighted by Gasteiger charge is -2.50. The highest BCUT2D eigenvalue weighted by molar-refractivity contribution is 7.99. The number of carbonyl (C=O) groups is 7. The van der Waals surface area contributed by atoms with E-state index in [0.29, 0.717) is 19.4 Å². The molecule has 14 bridgehead atoms. The number of aliphatic hydroxyl groups is 20. The molecule has 25 N–H and O–H groups in total. The van der Waals surface area contributed by atoms with Crippen molar-refractivity contribution < 1.29 is 231 Å². The number of carboxylic acids is 2. The van der Waals surface area contributed by atoms with Crippen LogP contribution in [0.5, 0.6) is 0 Å². The number of unbranched alkanes of at least 4 members (excludes halogenated alkanes) is 2. The number of carboxylic acid groups (broad SMARTS) is 2. The molecular weight excluding hydrogens is 2010 g/mol. The van der Waals surface area contributed by atoms with Gasteiger partial charge in [-0.1, -0.05) is 33.6 Å². The molecule has 146 heavy (non-hydrogen) atoms. The van der Waals surface area contributed by atoms with E-state index >= 15 is 0 Å². The Hall–Kier alpha value is -4.56. The number of hydrogen-bond donors (Lipinski definition) is 24. The van der Waals surface area contributed by atoms with Crippen LogP contribution in [0.2, 0.25) is 0 Å². The van der Waals surface area contributed by atoms with Crippen molar-refractivity contribution in [1.29, 1.82) is 0 Å². The zero-order chi connectivity index (χ0) is 107. The molecule has 16 unspecified atom stereocenters. The van der Waals surface area contributed by atoms with Gasteiger partial charge in [-0.2, -0.15) is 23.5 Å². The first-order chi connectivity index (χ1) is 69.2. The highest BCUT2D eigenvalue weighted by Crippen LogP contribution is 2.47. The number of nitrogens with two attached hydrogens (primary N) is 1. The molecule has 23 aliphatic rings. The minimum Gasteiger partial charge on any atom is -0.481 e. The molecule has 24 heterocycles. The number of nitrogens with one attached hydrogen (secondary N) is 1. The number of esters is 1. The summed E-state index contributed by atoms with van der Waals surface area (Å²) in [5.74, 6) is -8.52. The van der Waals surface area contributed by atoms with E-state index in [1.807, 2.05) is 32.2 Å². The quantitative estimate of drug-likeness (QED) is 0.0171. The van der Waals surface area contributed by atoms with Crippen LogP contribution < -0.4 is 11.1 Å². The largest absolute Gasteiger partial charge is 0.481 e. The maximum absolute atomic E-state index is 13.9. The molecule has 23 fully saturated rings. The summed E-state index contributed by atoms with van der Waals surface area (Å²) in [6, 6.07) is -0.319. The van der Waals surface area contributed by atoms with E-state index in [9.17, 15) is 146 Å². The van der Waals surface area contributed by atoms with E-state index in [1.165, 1.54) is 6.92 Å². The van der Waals surface area contributed by atoms with Gasteiger partial charge in [0.25, 0.3) is 0 Å². The topological polar surface area (TPSA) is 785 Å². The molecule has 0 radical (unpaired) electrons. The first-order valence-electron chi connectivity index (χ1n) is 49.4. The smallest absolute Gasteiger partial charge is 0.307 e. The van der Waals surface area contributed by atoms with Crippen molar-refractivity contribution in [3.63, 3.8) is 0 Å². The summed E-state index contributed by atoms with van der Waals surface area (Å²) in [5, 5.41) is 254. The number of rotatable bonds is 35. The average Bonchev–Trinajstić information content (AvgIpc) is 1.55. The van der Waals surface area contributed by atoms with E-state index < -0.39 is 319 Å². The molecular formula is C93H151N3O47S3. The number of ketones is 3. The maximum atomic E-state index is 13.9. The summed E-state index contributed by atoms with van der Waals surface area (Å²) in [6.45, 7) is 11.4. The van der Waals surface area contributed by atoms with Crippen LogP contribution in [0.25, 0.3) is 6.08 Å². The summed E-state index contributed by atoms with van der Waals surface area (Å²) < 4.78 is 105. The predicted octanol–water partition coefficient (Wildman–Crippen LogP) is -6.46. The van der Waals surface area contributed by atoms with Crippen molar-refractivity contribution in [2.24, 2.45) is 34.8 Å². The molecule has 838 valence electrons. The first-order valence-corrected chi connectivity index (χ1v) is 52.6. The molecule has 1 aromatic heterocycles. The highest BCUT2D eigenvalue weighted by atomic mass is 32.2. The number of thioether (sulfide) groups is 2. The Kier molecular flexibility index (Phi) is 48.3. The van der Waals surface area contributed by atoms with Gasteiger partial charge in [0.15, 0.2) is 44.0 Å². The molecule has 0 spiro atoms. The molecule has 53 heteroatoms. The second-order valence-electron chi connectivity index (χ2n) is 39.5. The Morgan fingerprint density at radius 2 is 0.890 bits per heavy atom. The van der Waals surface area contributed by atoms with Crippen molar-refractivity contribution in [2.75, 3.05) is 89.0 Å². The van der Waals surface area contributed by atoms with Gasteiger partial charge in [-0.25, -0.2) is 4.98 Å². The number of thiazole rings is 1. The standard InChI is InChI=1S/C60H98O41S2.C33H53N3O6S/c1-3-21(52(82)83)16-102-18-29-50-36(73)43(80)59(93-29)98-48-27(14-64)89-55(39(76)32(48)69)95-45-24(11-61)88-54(38(75)31(45)68)96-46-26(13-63)92-58(42(79)35(46)72)101-51-30(19-103-17-22(53(84)85)10-23(67)5-7-87-9-8-86-6-4-20(2)66)94-60(44(81)37(51)74)99-49-28(15-65)90-56(40(77)33(49)70)97-47-25(12-62)91-57(100-50)41(78)34(47)71;1-20-12-11-14-33(7)27(42-33)17-25(21(2)16-24-19-43-23(4)35-24)36-28(37)18-26(41-29(38)13-9-8-10-15-34)32(5,6)31(40)22(3)30(20)39/h21-22,24-51,54-65,68-81H,3-19H2,1-2H3,(H,82,83)(H,84,85);16,19-20,22,25-27,30,39H,8-15,17-18,34H2,1-7H3,(H,36,37)/b;21-16+/t21?,22?,24?,25?,26?,27?,28?,29?,30?,31-,32-,33-,34-,35-,36-,37-,38?,39?,40?,41?,42?,43?,44?,45-,46-,47-,48-,49-,50-,51-,54-,55-,56-,57-,58-,59-,60-;20-,22+,25-,26-,27-,30-,33+/m10/s1. The van der Waals surface area contributed by atoms with Gasteiger partial charge in [-0.05, 0) is 97.8 Å². The number of aliphatic carboxylic acids is 2. The van der Waals surface area contributed by atoms with Gasteiger partial charge in [-0.3, -0.25) is 33.6 Å². The zero-order valence-corrected chi connectivity index (χ0v) is 85.3. The summed E-state index contributed by atoms with van der Waals surface area (Å²) in [5.41, 5.74) is 5.88. The average molecular weight is 2160 g/mol. The number of hydrogen-bond acceptors (Lipinski definition) is 50. The molecule has 24 rings (SSSR count). The second kappa shape index (κ2) is 57.2. The maximum Gasteiger partial charge on any atom is 0.307 e. The summed E-state index contributed by atoms with van der Waals surface area (Å²) in [4.78, 5) is 93.8. The van der Waals surface area contributed by atoms with E-state index in [-0.39, 0.29) is 117 Å².